The zero-order valence-corrected chi connectivity index (χ0v) is 14.1. The molecule has 1 N–H and O–H groups in total. The zero-order valence-electron chi connectivity index (χ0n) is 13.3. The van der Waals surface area contributed by atoms with E-state index >= 15 is 0 Å². The van der Waals surface area contributed by atoms with Crippen LogP contribution in [0, 0.1) is 0 Å². The summed E-state index contributed by atoms with van der Waals surface area (Å²) in [6, 6.07) is 10.9. The maximum Gasteiger partial charge on any atom is 0.318 e. The van der Waals surface area contributed by atoms with Gasteiger partial charge >= 0.3 is 6.01 Å². The van der Waals surface area contributed by atoms with Gasteiger partial charge < -0.3 is 19.4 Å². The second-order valence-corrected chi connectivity index (χ2v) is 5.49. The standard InChI is InChI=1S/C16H22N4O2.ClH/c1-17-11-15-18-19-16(22-15)20-9-7-14(8-10-20)21-12-13-5-3-2-4-6-13;/h2-6,14,17H,7-12H2,1H3;1H. The number of aromatic nitrogens is 2. The molecule has 0 saturated carbocycles. The molecular weight excluding hydrogens is 316 g/mol. The van der Waals surface area contributed by atoms with Gasteiger partial charge in [0.1, 0.15) is 0 Å². The number of benzene rings is 1. The molecule has 7 heteroatoms. The predicted molar refractivity (Wildman–Crippen MR) is 90.8 cm³/mol. The molecule has 23 heavy (non-hydrogen) atoms. The molecule has 2 heterocycles. The van der Waals surface area contributed by atoms with E-state index in [0.717, 1.165) is 25.9 Å². The molecule has 1 aromatic heterocycles. The number of piperidine rings is 1. The molecule has 0 spiro atoms. The number of hydrogen-bond acceptors (Lipinski definition) is 6. The molecule has 0 unspecified atom stereocenters. The minimum Gasteiger partial charge on any atom is -0.407 e. The third-order valence-electron chi connectivity index (χ3n) is 3.83. The van der Waals surface area contributed by atoms with E-state index in [-0.39, 0.29) is 12.4 Å². The van der Waals surface area contributed by atoms with Crippen molar-refractivity contribution in [1.82, 2.24) is 15.5 Å². The van der Waals surface area contributed by atoms with Crippen LogP contribution >= 0.6 is 12.4 Å². The molecule has 6 nitrogen and oxygen atoms in total. The Labute approximate surface area is 142 Å². The summed E-state index contributed by atoms with van der Waals surface area (Å²) in [5, 5.41) is 11.1. The van der Waals surface area contributed by atoms with Gasteiger partial charge in [-0.25, -0.2) is 0 Å². The molecule has 1 fully saturated rings. The Hall–Kier alpha value is -1.63. The normalized spacial score (nSPS) is 15.4. The summed E-state index contributed by atoms with van der Waals surface area (Å²) in [5.74, 6) is 0.625. The van der Waals surface area contributed by atoms with Gasteiger partial charge in [-0.2, -0.15) is 0 Å². The highest BCUT2D eigenvalue weighted by Crippen LogP contribution is 2.21. The third-order valence-corrected chi connectivity index (χ3v) is 3.83. The van der Waals surface area contributed by atoms with E-state index in [1.807, 2.05) is 25.2 Å². The number of ether oxygens (including phenoxy) is 1. The first-order chi connectivity index (χ1) is 10.8. The molecule has 2 aromatic rings. The van der Waals surface area contributed by atoms with Crippen LogP contribution in [0.5, 0.6) is 0 Å². The van der Waals surface area contributed by atoms with Crippen molar-refractivity contribution in [2.45, 2.75) is 32.1 Å². The lowest BCUT2D eigenvalue weighted by atomic mass is 10.1. The summed E-state index contributed by atoms with van der Waals surface area (Å²) >= 11 is 0. The largest absolute Gasteiger partial charge is 0.407 e. The minimum absolute atomic E-state index is 0. The summed E-state index contributed by atoms with van der Waals surface area (Å²) in [7, 11) is 1.86. The van der Waals surface area contributed by atoms with E-state index in [1.165, 1.54) is 5.56 Å². The average molecular weight is 339 g/mol. The topological polar surface area (TPSA) is 63.4 Å². The smallest absolute Gasteiger partial charge is 0.318 e. The Morgan fingerprint density at radius 3 is 2.65 bits per heavy atom. The molecule has 1 saturated heterocycles. The molecule has 0 amide bonds. The van der Waals surface area contributed by atoms with Gasteiger partial charge in [0.2, 0.25) is 5.89 Å². The van der Waals surface area contributed by atoms with Crippen LogP contribution in [-0.4, -0.2) is 36.4 Å². The Bertz CT molecular complexity index is 570. The number of nitrogens with one attached hydrogen (secondary N) is 1. The fraction of sp³-hybridized carbons (Fsp3) is 0.500. The molecule has 0 radical (unpaired) electrons. The monoisotopic (exact) mass is 338 g/mol. The van der Waals surface area contributed by atoms with Crippen LogP contribution in [0.3, 0.4) is 0 Å². The van der Waals surface area contributed by atoms with Crippen molar-refractivity contribution in [3.8, 4) is 0 Å². The molecule has 1 aliphatic rings. The Morgan fingerprint density at radius 2 is 1.96 bits per heavy atom. The summed E-state index contributed by atoms with van der Waals surface area (Å²) in [5.41, 5.74) is 1.22. The molecular formula is C16H23ClN4O2. The number of rotatable bonds is 6. The van der Waals surface area contributed by atoms with Crippen molar-refractivity contribution in [3.63, 3.8) is 0 Å². The summed E-state index contributed by atoms with van der Waals surface area (Å²) < 4.78 is 11.6. The lowest BCUT2D eigenvalue weighted by molar-refractivity contribution is 0.0246. The van der Waals surface area contributed by atoms with Crippen LogP contribution in [0.1, 0.15) is 24.3 Å². The van der Waals surface area contributed by atoms with E-state index < -0.39 is 0 Å². The Kier molecular flexibility index (Phi) is 6.83. The second-order valence-electron chi connectivity index (χ2n) is 5.49. The number of nitrogens with zero attached hydrogens (tertiary/aromatic N) is 3. The van der Waals surface area contributed by atoms with Crippen LogP contribution in [-0.2, 0) is 17.9 Å². The van der Waals surface area contributed by atoms with Gasteiger partial charge in [0.15, 0.2) is 0 Å². The SMILES string of the molecule is CNCc1nnc(N2CCC(OCc3ccccc3)CC2)o1.Cl. The highest BCUT2D eigenvalue weighted by Gasteiger charge is 2.23. The van der Waals surface area contributed by atoms with Crippen molar-refractivity contribution >= 4 is 18.4 Å². The summed E-state index contributed by atoms with van der Waals surface area (Å²) in [6.45, 7) is 3.06. The van der Waals surface area contributed by atoms with Gasteiger partial charge in [-0.05, 0) is 25.5 Å². The first-order valence-electron chi connectivity index (χ1n) is 7.72. The molecule has 3 rings (SSSR count). The Balaban J connectivity index is 0.00000192. The van der Waals surface area contributed by atoms with Gasteiger partial charge in [0.05, 0.1) is 19.3 Å². The molecule has 126 valence electrons. The quantitative estimate of drug-likeness (QED) is 0.872. The van der Waals surface area contributed by atoms with Crippen LogP contribution < -0.4 is 10.2 Å². The van der Waals surface area contributed by atoms with Crippen LogP contribution in [0.2, 0.25) is 0 Å². The van der Waals surface area contributed by atoms with Crippen molar-refractivity contribution < 1.29 is 9.15 Å². The summed E-state index contributed by atoms with van der Waals surface area (Å²) in [4.78, 5) is 2.13. The average Bonchev–Trinajstić information content (AvgIpc) is 3.03. The van der Waals surface area contributed by atoms with E-state index in [0.29, 0.717) is 31.2 Å². The summed E-state index contributed by atoms with van der Waals surface area (Å²) in [6.07, 6.45) is 2.27. The predicted octanol–water partition coefficient (Wildman–Crippen LogP) is 2.40. The second kappa shape index (κ2) is 8.86. The number of hydrogen-bond donors (Lipinski definition) is 1. The van der Waals surface area contributed by atoms with E-state index in [9.17, 15) is 0 Å². The number of anilines is 1. The fourth-order valence-corrected chi connectivity index (χ4v) is 2.60. The zero-order chi connectivity index (χ0) is 15.2. The van der Waals surface area contributed by atoms with Crippen LogP contribution in [0.25, 0.3) is 0 Å². The van der Waals surface area contributed by atoms with Crippen LogP contribution in [0.15, 0.2) is 34.7 Å². The van der Waals surface area contributed by atoms with Crippen molar-refractivity contribution in [2.24, 2.45) is 0 Å². The molecule has 1 aromatic carbocycles. The first kappa shape index (κ1) is 17.7. The van der Waals surface area contributed by atoms with E-state index in [2.05, 4.69) is 32.5 Å². The highest BCUT2D eigenvalue weighted by atomic mass is 35.5. The Morgan fingerprint density at radius 1 is 1.22 bits per heavy atom. The van der Waals surface area contributed by atoms with Gasteiger partial charge in [0.25, 0.3) is 0 Å². The van der Waals surface area contributed by atoms with Crippen LogP contribution in [0.4, 0.5) is 6.01 Å². The lowest BCUT2D eigenvalue weighted by Crippen LogP contribution is -2.37. The molecule has 0 bridgehead atoms. The lowest BCUT2D eigenvalue weighted by Gasteiger charge is -2.30. The minimum atomic E-state index is 0. The van der Waals surface area contributed by atoms with Gasteiger partial charge in [-0.15, -0.1) is 17.5 Å². The van der Waals surface area contributed by atoms with Gasteiger partial charge in [-0.1, -0.05) is 35.4 Å². The van der Waals surface area contributed by atoms with E-state index in [1.54, 1.807) is 0 Å². The van der Waals surface area contributed by atoms with Crippen molar-refractivity contribution in [1.29, 1.82) is 0 Å². The third kappa shape index (κ3) is 4.92. The van der Waals surface area contributed by atoms with Gasteiger partial charge in [-0.3, -0.25) is 0 Å². The maximum atomic E-state index is 5.99. The van der Waals surface area contributed by atoms with Gasteiger partial charge in [0, 0.05) is 13.1 Å². The molecule has 0 atom stereocenters. The van der Waals surface area contributed by atoms with Crippen molar-refractivity contribution in [2.75, 3.05) is 25.0 Å². The fourth-order valence-electron chi connectivity index (χ4n) is 2.60. The molecule has 0 aliphatic carbocycles. The highest BCUT2D eigenvalue weighted by molar-refractivity contribution is 5.85. The molecule has 1 aliphatic heterocycles. The van der Waals surface area contributed by atoms with E-state index in [4.69, 9.17) is 9.15 Å². The first-order valence-corrected chi connectivity index (χ1v) is 7.72. The maximum absolute atomic E-state index is 5.99. The number of halogens is 1. The van der Waals surface area contributed by atoms with Crippen molar-refractivity contribution in [3.05, 3.63) is 41.8 Å².